The number of carbonyl (C=O) groups is 2. The smallest absolute Gasteiger partial charge is 0.340 e. The number of esters is 1. The lowest BCUT2D eigenvalue weighted by molar-refractivity contribution is -0.0131. The first kappa shape index (κ1) is 18.6. The van der Waals surface area contributed by atoms with Crippen molar-refractivity contribution in [3.8, 4) is 6.07 Å². The number of hydrogen-bond donors (Lipinski definition) is 2. The van der Waals surface area contributed by atoms with Gasteiger partial charge >= 0.3 is 11.9 Å². The lowest BCUT2D eigenvalue weighted by Gasteiger charge is -2.15. The van der Waals surface area contributed by atoms with E-state index in [-0.39, 0.29) is 35.6 Å². The van der Waals surface area contributed by atoms with Crippen LogP contribution >= 0.6 is 0 Å². The Kier molecular flexibility index (Phi) is 5.23. The fourth-order valence-corrected chi connectivity index (χ4v) is 3.20. The largest absolute Gasteiger partial charge is 0.478 e. The second-order valence-electron chi connectivity index (χ2n) is 6.63. The van der Waals surface area contributed by atoms with E-state index < -0.39 is 18.0 Å². The number of nitriles is 1. The highest BCUT2D eigenvalue weighted by atomic mass is 16.6. The van der Waals surface area contributed by atoms with E-state index in [0.717, 1.165) is 5.56 Å². The predicted octanol–water partition coefficient (Wildman–Crippen LogP) is 2.61. The zero-order valence-corrected chi connectivity index (χ0v) is 14.9. The van der Waals surface area contributed by atoms with Gasteiger partial charge in [0, 0.05) is 0 Å². The Morgan fingerprint density at radius 2 is 2.11 bits per heavy atom. The number of hydrogen-bond acceptors (Lipinski definition) is 6. The summed E-state index contributed by atoms with van der Waals surface area (Å²) in [4.78, 5) is 23.6. The molecule has 1 aliphatic heterocycles. The van der Waals surface area contributed by atoms with Crippen LogP contribution in [0.5, 0.6) is 0 Å². The third kappa shape index (κ3) is 3.83. The van der Waals surface area contributed by atoms with E-state index in [4.69, 9.17) is 14.7 Å². The number of nitrogens with zero attached hydrogens (tertiary/aromatic N) is 2. The lowest BCUT2D eigenvalue weighted by Crippen LogP contribution is -2.18. The molecule has 8 nitrogen and oxygen atoms in total. The highest BCUT2D eigenvalue weighted by Gasteiger charge is 2.38. The van der Waals surface area contributed by atoms with E-state index in [9.17, 15) is 14.7 Å². The molecule has 3 rings (SSSR count). The average Bonchev–Trinajstić information content (AvgIpc) is 3.23. The minimum Gasteiger partial charge on any atom is -0.478 e. The van der Waals surface area contributed by atoms with Crippen molar-refractivity contribution in [2.24, 2.45) is 5.92 Å². The van der Waals surface area contributed by atoms with Crippen molar-refractivity contribution in [1.29, 1.82) is 5.26 Å². The minimum absolute atomic E-state index is 0.0295. The molecule has 0 amide bonds. The van der Waals surface area contributed by atoms with Crippen LogP contribution in [0.15, 0.2) is 24.3 Å². The Hall–Kier alpha value is -3.18. The first-order valence-electron chi connectivity index (χ1n) is 8.51. The van der Waals surface area contributed by atoms with E-state index in [0.29, 0.717) is 12.0 Å². The normalized spacial score (nSPS) is 21.6. The molecule has 27 heavy (non-hydrogen) atoms. The number of carboxylic acid groups (broad SMARTS) is 1. The number of nitrogens with one attached hydrogen (secondary N) is 1. The van der Waals surface area contributed by atoms with Crippen molar-refractivity contribution >= 4 is 11.9 Å². The molecule has 0 spiro atoms. The molecular formula is C19H19N3O5. The van der Waals surface area contributed by atoms with Crippen molar-refractivity contribution in [2.45, 2.75) is 32.5 Å². The SMILES string of the molecule is Cc1ccc(C(=O)OC[C@@H]2C[C@H](C)[C@H](c3[nH]nc(C#N)c3C(=O)O)O2)cc1. The van der Waals surface area contributed by atoms with Crippen molar-refractivity contribution in [2.75, 3.05) is 6.61 Å². The molecule has 1 saturated heterocycles. The Labute approximate surface area is 155 Å². The Morgan fingerprint density at radius 3 is 2.74 bits per heavy atom. The van der Waals surface area contributed by atoms with Crippen molar-refractivity contribution in [1.82, 2.24) is 10.2 Å². The van der Waals surface area contributed by atoms with E-state index in [1.807, 2.05) is 26.0 Å². The fraction of sp³-hybridized carbons (Fsp3) is 0.368. The Balaban J connectivity index is 1.66. The number of H-pyrrole nitrogens is 1. The summed E-state index contributed by atoms with van der Waals surface area (Å²) in [6, 6.07) is 8.83. The van der Waals surface area contributed by atoms with Gasteiger partial charge in [-0.1, -0.05) is 24.6 Å². The summed E-state index contributed by atoms with van der Waals surface area (Å²) in [6.45, 7) is 3.90. The number of aryl methyl sites for hydroxylation is 1. The summed E-state index contributed by atoms with van der Waals surface area (Å²) < 4.78 is 11.2. The summed E-state index contributed by atoms with van der Waals surface area (Å²) in [7, 11) is 0. The molecule has 1 fully saturated rings. The van der Waals surface area contributed by atoms with Crippen LogP contribution in [0.25, 0.3) is 0 Å². The third-order valence-electron chi connectivity index (χ3n) is 4.58. The summed E-state index contributed by atoms with van der Waals surface area (Å²) >= 11 is 0. The summed E-state index contributed by atoms with van der Waals surface area (Å²) in [5, 5.41) is 24.7. The molecule has 0 aliphatic carbocycles. The van der Waals surface area contributed by atoms with Crippen molar-refractivity contribution in [3.05, 3.63) is 52.3 Å². The van der Waals surface area contributed by atoms with Crippen LogP contribution in [0.2, 0.25) is 0 Å². The number of aromatic nitrogens is 2. The van der Waals surface area contributed by atoms with Crippen molar-refractivity contribution < 1.29 is 24.2 Å². The van der Waals surface area contributed by atoms with E-state index >= 15 is 0 Å². The van der Waals surface area contributed by atoms with E-state index in [1.54, 1.807) is 18.2 Å². The number of ether oxygens (including phenoxy) is 2. The molecule has 0 saturated carbocycles. The Morgan fingerprint density at radius 1 is 1.41 bits per heavy atom. The van der Waals surface area contributed by atoms with Crippen molar-refractivity contribution in [3.63, 3.8) is 0 Å². The number of carboxylic acids is 1. The molecule has 8 heteroatoms. The van der Waals surface area contributed by atoms with E-state index in [1.165, 1.54) is 0 Å². The molecule has 1 aromatic heterocycles. The van der Waals surface area contributed by atoms with Crippen LogP contribution in [0.3, 0.4) is 0 Å². The van der Waals surface area contributed by atoms with Gasteiger partial charge in [0.15, 0.2) is 5.69 Å². The predicted molar refractivity (Wildman–Crippen MR) is 93.1 cm³/mol. The van der Waals surface area contributed by atoms with Crippen LogP contribution in [-0.2, 0) is 9.47 Å². The maximum Gasteiger partial charge on any atom is 0.340 e. The minimum atomic E-state index is -1.24. The quantitative estimate of drug-likeness (QED) is 0.776. The number of benzene rings is 1. The molecule has 1 aromatic carbocycles. The van der Waals surface area contributed by atoms with Gasteiger partial charge in [-0.2, -0.15) is 10.4 Å². The van der Waals surface area contributed by atoms with Crippen LogP contribution in [0.1, 0.15) is 57.1 Å². The molecule has 140 valence electrons. The zero-order chi connectivity index (χ0) is 19.6. The van der Waals surface area contributed by atoms with Gasteiger partial charge in [0.25, 0.3) is 0 Å². The van der Waals surface area contributed by atoms with Gasteiger partial charge < -0.3 is 14.6 Å². The van der Waals surface area contributed by atoms with Gasteiger partial charge in [0.2, 0.25) is 0 Å². The second-order valence-corrected chi connectivity index (χ2v) is 6.63. The monoisotopic (exact) mass is 369 g/mol. The first-order valence-corrected chi connectivity index (χ1v) is 8.51. The maximum absolute atomic E-state index is 12.1. The average molecular weight is 369 g/mol. The molecule has 0 radical (unpaired) electrons. The Bertz CT molecular complexity index is 897. The molecule has 2 heterocycles. The lowest BCUT2D eigenvalue weighted by atomic mass is 9.97. The molecule has 0 bridgehead atoms. The molecule has 3 atom stereocenters. The third-order valence-corrected chi connectivity index (χ3v) is 4.58. The van der Waals surface area contributed by atoms with Gasteiger partial charge in [0.1, 0.15) is 24.3 Å². The molecular weight excluding hydrogens is 350 g/mol. The maximum atomic E-state index is 12.1. The summed E-state index contributed by atoms with van der Waals surface area (Å²) in [5.41, 5.74) is 1.42. The highest BCUT2D eigenvalue weighted by Crippen LogP contribution is 2.39. The number of aromatic amines is 1. The van der Waals surface area contributed by atoms with Gasteiger partial charge in [0.05, 0.1) is 17.4 Å². The van der Waals surface area contributed by atoms with Crippen LogP contribution in [0.4, 0.5) is 0 Å². The van der Waals surface area contributed by atoms with Crippen LogP contribution < -0.4 is 0 Å². The highest BCUT2D eigenvalue weighted by molar-refractivity contribution is 5.91. The number of carbonyl (C=O) groups excluding carboxylic acids is 1. The number of aromatic carboxylic acids is 1. The topological polar surface area (TPSA) is 125 Å². The second kappa shape index (κ2) is 7.60. The summed E-state index contributed by atoms with van der Waals surface area (Å²) in [5.74, 6) is -1.70. The van der Waals surface area contributed by atoms with Crippen LogP contribution in [0, 0.1) is 24.2 Å². The summed E-state index contributed by atoms with van der Waals surface area (Å²) in [6.07, 6.45) is -0.338. The van der Waals surface area contributed by atoms with Crippen LogP contribution in [-0.4, -0.2) is 40.0 Å². The van der Waals surface area contributed by atoms with Gasteiger partial charge in [-0.15, -0.1) is 0 Å². The molecule has 2 aromatic rings. The molecule has 2 N–H and O–H groups in total. The van der Waals surface area contributed by atoms with Gasteiger partial charge in [-0.25, -0.2) is 9.59 Å². The van der Waals surface area contributed by atoms with Gasteiger partial charge in [-0.3, -0.25) is 5.10 Å². The fourth-order valence-electron chi connectivity index (χ4n) is 3.20. The number of rotatable bonds is 5. The van der Waals surface area contributed by atoms with Gasteiger partial charge in [-0.05, 0) is 31.4 Å². The zero-order valence-electron chi connectivity index (χ0n) is 14.9. The first-order chi connectivity index (χ1) is 12.9. The van der Waals surface area contributed by atoms with E-state index in [2.05, 4.69) is 10.2 Å². The molecule has 1 aliphatic rings. The molecule has 0 unspecified atom stereocenters. The standard InChI is InChI=1S/C19H19N3O5/c1-10-3-5-12(6-4-10)19(25)26-9-13-7-11(2)17(27-13)16-15(18(23)24)14(8-20)21-22-16/h3-6,11,13,17H,7,9H2,1-2H3,(H,21,22)(H,23,24)/t11-,13-,17+/m0/s1.